The van der Waals surface area contributed by atoms with Crippen LogP contribution in [0, 0.1) is 20.8 Å². The van der Waals surface area contributed by atoms with Crippen LogP contribution in [0.3, 0.4) is 0 Å². The zero-order chi connectivity index (χ0) is 14.0. The molecule has 1 unspecified atom stereocenters. The van der Waals surface area contributed by atoms with Gasteiger partial charge in [-0.3, -0.25) is 0 Å². The number of aryl methyl sites for hydroxylation is 3. The molecule has 2 heteroatoms. The summed E-state index contributed by atoms with van der Waals surface area (Å²) in [5, 5.41) is 0. The van der Waals surface area contributed by atoms with Crippen LogP contribution in [0.4, 0.5) is 0 Å². The molecule has 4 N–H and O–H groups in total. The van der Waals surface area contributed by atoms with Crippen molar-refractivity contribution in [3.8, 4) is 0 Å². The Hall–Kier alpha value is -1.64. The number of benzene rings is 2. The summed E-state index contributed by atoms with van der Waals surface area (Å²) < 4.78 is 0. The third kappa shape index (κ3) is 2.86. The first-order valence-corrected chi connectivity index (χ1v) is 6.65. The van der Waals surface area contributed by atoms with Crippen molar-refractivity contribution in [1.29, 1.82) is 0 Å². The lowest BCUT2D eigenvalue weighted by Gasteiger charge is -2.19. The number of hydrogen-bond donors (Lipinski definition) is 2. The second-order valence-corrected chi connectivity index (χ2v) is 5.24. The molecular weight excluding hydrogens is 232 g/mol. The molecule has 2 aromatic rings. The second-order valence-electron chi connectivity index (χ2n) is 5.24. The fourth-order valence-corrected chi connectivity index (χ4v) is 2.71. The van der Waals surface area contributed by atoms with E-state index in [-0.39, 0.29) is 6.04 Å². The molecule has 19 heavy (non-hydrogen) atoms. The minimum atomic E-state index is -0.0765. The fourth-order valence-electron chi connectivity index (χ4n) is 2.71. The Kier molecular flexibility index (Phi) is 4.03. The Balaban J connectivity index is 2.40. The number of rotatable bonds is 3. The smallest absolute Gasteiger partial charge is 0.0556 e. The predicted octanol–water partition coefficient (Wildman–Crippen LogP) is 3.12. The van der Waals surface area contributed by atoms with Crippen LogP contribution in [0.5, 0.6) is 0 Å². The maximum atomic E-state index is 6.43. The molecular formula is C17H22N2. The molecule has 0 bridgehead atoms. The standard InChI is InChI=1S/C17H22N2/c1-11-8-12(2)16(13(3)9-11)17(19)15-6-4-14(10-18)5-7-15/h4-9,17H,10,18-19H2,1-3H3. The summed E-state index contributed by atoms with van der Waals surface area (Å²) >= 11 is 0. The number of nitrogens with two attached hydrogens (primary N) is 2. The highest BCUT2D eigenvalue weighted by Crippen LogP contribution is 2.27. The van der Waals surface area contributed by atoms with Crippen molar-refractivity contribution in [1.82, 2.24) is 0 Å². The quantitative estimate of drug-likeness (QED) is 0.884. The van der Waals surface area contributed by atoms with Crippen LogP contribution in [-0.4, -0.2) is 0 Å². The molecule has 0 aliphatic carbocycles. The highest BCUT2D eigenvalue weighted by atomic mass is 14.6. The second kappa shape index (κ2) is 5.55. The van der Waals surface area contributed by atoms with Crippen molar-refractivity contribution in [3.05, 3.63) is 69.8 Å². The third-order valence-electron chi connectivity index (χ3n) is 3.62. The van der Waals surface area contributed by atoms with Gasteiger partial charge in [-0.05, 0) is 48.6 Å². The van der Waals surface area contributed by atoms with Crippen molar-refractivity contribution in [2.45, 2.75) is 33.4 Å². The van der Waals surface area contributed by atoms with Crippen molar-refractivity contribution in [2.75, 3.05) is 0 Å². The Morgan fingerprint density at radius 3 is 1.95 bits per heavy atom. The van der Waals surface area contributed by atoms with Crippen LogP contribution >= 0.6 is 0 Å². The first-order valence-electron chi connectivity index (χ1n) is 6.65. The first-order chi connectivity index (χ1) is 9.02. The lowest BCUT2D eigenvalue weighted by Crippen LogP contribution is -2.15. The molecule has 0 spiro atoms. The molecule has 0 aromatic heterocycles. The molecule has 0 radical (unpaired) electrons. The van der Waals surface area contributed by atoms with E-state index in [0.29, 0.717) is 6.54 Å². The van der Waals surface area contributed by atoms with Crippen LogP contribution in [0.2, 0.25) is 0 Å². The topological polar surface area (TPSA) is 52.0 Å². The molecule has 0 saturated heterocycles. The molecule has 0 fully saturated rings. The Bertz CT molecular complexity index is 547. The Morgan fingerprint density at radius 2 is 1.47 bits per heavy atom. The van der Waals surface area contributed by atoms with Gasteiger partial charge < -0.3 is 11.5 Å². The van der Waals surface area contributed by atoms with Gasteiger partial charge in [-0.2, -0.15) is 0 Å². The zero-order valence-electron chi connectivity index (χ0n) is 11.9. The van der Waals surface area contributed by atoms with Crippen LogP contribution in [0.1, 0.15) is 39.4 Å². The van der Waals surface area contributed by atoms with E-state index >= 15 is 0 Å². The first kappa shape index (κ1) is 13.8. The summed E-state index contributed by atoms with van der Waals surface area (Å²) in [6.45, 7) is 6.94. The summed E-state index contributed by atoms with van der Waals surface area (Å²) in [6.07, 6.45) is 0. The summed E-state index contributed by atoms with van der Waals surface area (Å²) in [5.74, 6) is 0. The van der Waals surface area contributed by atoms with Gasteiger partial charge in [0.15, 0.2) is 0 Å². The lowest BCUT2D eigenvalue weighted by atomic mass is 9.90. The van der Waals surface area contributed by atoms with Gasteiger partial charge in [-0.1, -0.05) is 42.0 Å². The van der Waals surface area contributed by atoms with Gasteiger partial charge in [0.05, 0.1) is 6.04 Å². The van der Waals surface area contributed by atoms with Gasteiger partial charge >= 0.3 is 0 Å². The van der Waals surface area contributed by atoms with Gasteiger partial charge in [-0.25, -0.2) is 0 Å². The Morgan fingerprint density at radius 1 is 0.947 bits per heavy atom. The largest absolute Gasteiger partial charge is 0.326 e. The van der Waals surface area contributed by atoms with E-state index in [4.69, 9.17) is 11.5 Å². The third-order valence-corrected chi connectivity index (χ3v) is 3.62. The normalized spacial score (nSPS) is 12.5. The van der Waals surface area contributed by atoms with Crippen LogP contribution in [0.15, 0.2) is 36.4 Å². The highest BCUT2D eigenvalue weighted by molar-refractivity contribution is 5.44. The maximum absolute atomic E-state index is 6.43. The summed E-state index contributed by atoms with van der Waals surface area (Å²) in [7, 11) is 0. The molecule has 0 saturated carbocycles. The van der Waals surface area contributed by atoms with Gasteiger partial charge in [-0.15, -0.1) is 0 Å². The predicted molar refractivity (Wildman–Crippen MR) is 81.0 cm³/mol. The summed E-state index contributed by atoms with van der Waals surface area (Å²) in [5.41, 5.74) is 19.3. The summed E-state index contributed by atoms with van der Waals surface area (Å²) in [4.78, 5) is 0. The van der Waals surface area contributed by atoms with E-state index in [9.17, 15) is 0 Å². The molecule has 0 heterocycles. The number of hydrogen-bond acceptors (Lipinski definition) is 2. The van der Waals surface area contributed by atoms with Gasteiger partial charge in [0.1, 0.15) is 0 Å². The zero-order valence-corrected chi connectivity index (χ0v) is 11.9. The van der Waals surface area contributed by atoms with Gasteiger partial charge in [0, 0.05) is 6.54 Å². The van der Waals surface area contributed by atoms with E-state index in [1.807, 2.05) is 12.1 Å². The van der Waals surface area contributed by atoms with E-state index in [2.05, 4.69) is 45.0 Å². The lowest BCUT2D eigenvalue weighted by molar-refractivity contribution is 0.848. The van der Waals surface area contributed by atoms with Crippen molar-refractivity contribution in [3.63, 3.8) is 0 Å². The minimum Gasteiger partial charge on any atom is -0.326 e. The fraction of sp³-hybridized carbons (Fsp3) is 0.294. The molecule has 0 amide bonds. The summed E-state index contributed by atoms with van der Waals surface area (Å²) in [6, 6.07) is 12.6. The van der Waals surface area contributed by atoms with Crippen molar-refractivity contribution >= 4 is 0 Å². The van der Waals surface area contributed by atoms with Crippen molar-refractivity contribution in [2.24, 2.45) is 11.5 Å². The van der Waals surface area contributed by atoms with Crippen LogP contribution in [0.25, 0.3) is 0 Å². The van der Waals surface area contributed by atoms with Gasteiger partial charge in [0.2, 0.25) is 0 Å². The minimum absolute atomic E-state index is 0.0765. The van der Waals surface area contributed by atoms with E-state index in [1.54, 1.807) is 0 Å². The van der Waals surface area contributed by atoms with E-state index < -0.39 is 0 Å². The highest BCUT2D eigenvalue weighted by Gasteiger charge is 2.14. The average Bonchev–Trinajstić information content (AvgIpc) is 2.37. The molecule has 2 nitrogen and oxygen atoms in total. The molecule has 0 aliphatic heterocycles. The average molecular weight is 254 g/mol. The molecule has 1 atom stereocenters. The molecule has 2 rings (SSSR count). The molecule has 2 aromatic carbocycles. The SMILES string of the molecule is Cc1cc(C)c(C(N)c2ccc(CN)cc2)c(C)c1. The van der Waals surface area contributed by atoms with Crippen molar-refractivity contribution < 1.29 is 0 Å². The monoisotopic (exact) mass is 254 g/mol. The van der Waals surface area contributed by atoms with Crippen LogP contribution < -0.4 is 11.5 Å². The van der Waals surface area contributed by atoms with Crippen LogP contribution in [-0.2, 0) is 6.54 Å². The Labute approximate surface area is 115 Å². The van der Waals surface area contributed by atoms with E-state index in [0.717, 1.165) is 11.1 Å². The van der Waals surface area contributed by atoms with Gasteiger partial charge in [0.25, 0.3) is 0 Å². The maximum Gasteiger partial charge on any atom is 0.0556 e. The van der Waals surface area contributed by atoms with E-state index in [1.165, 1.54) is 22.3 Å². The molecule has 100 valence electrons. The molecule has 0 aliphatic rings.